The molecule has 2 aromatic carbocycles. The lowest BCUT2D eigenvalue weighted by Crippen LogP contribution is -2.48. The van der Waals surface area contributed by atoms with Gasteiger partial charge in [0, 0.05) is 13.1 Å². The Bertz CT molecular complexity index is 1130. The highest BCUT2D eigenvalue weighted by atomic mass is 32.2. The lowest BCUT2D eigenvalue weighted by atomic mass is 10.1. The number of carbonyl (C=O) groups is 2. The van der Waals surface area contributed by atoms with Crippen molar-refractivity contribution in [1.82, 2.24) is 4.90 Å². The standard InChI is InChI=1S/C22H25N3O5S/c1-15-9-10-19-18(13-15)25(31(2,28)29)14-20(30-19)21(26)23-17-8-4-3-7-16(17)22(27)24-11-5-6-12-24/h3-4,7-10,13,20H,5-6,11-12,14H2,1-2H3,(H,23,26)/t20-/m0/s1. The summed E-state index contributed by atoms with van der Waals surface area (Å²) >= 11 is 0. The zero-order valence-corrected chi connectivity index (χ0v) is 18.3. The summed E-state index contributed by atoms with van der Waals surface area (Å²) < 4.78 is 31.7. The Morgan fingerprint density at radius 1 is 1.10 bits per heavy atom. The molecule has 0 aromatic heterocycles. The first-order chi connectivity index (χ1) is 14.7. The van der Waals surface area contributed by atoms with Gasteiger partial charge in [-0.3, -0.25) is 13.9 Å². The molecule has 1 fully saturated rings. The molecule has 1 atom stereocenters. The van der Waals surface area contributed by atoms with E-state index in [0.29, 0.717) is 35.8 Å². The molecule has 2 heterocycles. The Morgan fingerprint density at radius 2 is 1.81 bits per heavy atom. The molecule has 0 bridgehead atoms. The third-order valence-corrected chi connectivity index (χ3v) is 6.63. The van der Waals surface area contributed by atoms with Crippen LogP contribution in [-0.4, -0.2) is 57.1 Å². The molecule has 31 heavy (non-hydrogen) atoms. The summed E-state index contributed by atoms with van der Waals surface area (Å²) in [5.41, 5.74) is 2.09. The number of aryl methyl sites for hydroxylation is 1. The number of likely N-dealkylation sites (tertiary alicyclic amines) is 1. The van der Waals surface area contributed by atoms with Crippen LogP contribution in [0.25, 0.3) is 0 Å². The summed E-state index contributed by atoms with van der Waals surface area (Å²) in [4.78, 5) is 27.7. The monoisotopic (exact) mass is 443 g/mol. The van der Waals surface area contributed by atoms with Gasteiger partial charge in [-0.15, -0.1) is 0 Å². The summed E-state index contributed by atoms with van der Waals surface area (Å²) in [6.07, 6.45) is 1.98. The van der Waals surface area contributed by atoms with Crippen LogP contribution in [0.2, 0.25) is 0 Å². The van der Waals surface area contributed by atoms with Gasteiger partial charge in [-0.1, -0.05) is 18.2 Å². The van der Waals surface area contributed by atoms with Crippen LogP contribution in [-0.2, 0) is 14.8 Å². The Hall–Kier alpha value is -3.07. The minimum absolute atomic E-state index is 0.128. The minimum Gasteiger partial charge on any atom is -0.476 e. The van der Waals surface area contributed by atoms with E-state index in [0.717, 1.165) is 24.7 Å². The van der Waals surface area contributed by atoms with Gasteiger partial charge in [0.05, 0.1) is 29.7 Å². The highest BCUT2D eigenvalue weighted by Gasteiger charge is 2.35. The number of para-hydroxylation sites is 1. The van der Waals surface area contributed by atoms with Crippen LogP contribution >= 0.6 is 0 Å². The van der Waals surface area contributed by atoms with Crippen LogP contribution in [0.5, 0.6) is 5.75 Å². The second-order valence-corrected chi connectivity index (χ2v) is 9.81. The average Bonchev–Trinajstić information content (AvgIpc) is 3.27. The molecule has 9 heteroatoms. The highest BCUT2D eigenvalue weighted by Crippen LogP contribution is 2.36. The van der Waals surface area contributed by atoms with Crippen molar-refractivity contribution < 1.29 is 22.7 Å². The van der Waals surface area contributed by atoms with Gasteiger partial charge in [0.2, 0.25) is 10.0 Å². The number of rotatable bonds is 4. The van der Waals surface area contributed by atoms with Gasteiger partial charge in [-0.05, 0) is 49.6 Å². The first-order valence-corrected chi connectivity index (χ1v) is 12.0. The zero-order valence-electron chi connectivity index (χ0n) is 17.5. The van der Waals surface area contributed by atoms with Gasteiger partial charge in [0.25, 0.3) is 11.8 Å². The molecule has 164 valence electrons. The maximum Gasteiger partial charge on any atom is 0.267 e. The largest absolute Gasteiger partial charge is 0.476 e. The molecule has 0 radical (unpaired) electrons. The summed E-state index contributed by atoms with van der Waals surface area (Å²) in [6, 6.07) is 12.0. The van der Waals surface area contributed by atoms with Crippen molar-refractivity contribution in [3.63, 3.8) is 0 Å². The zero-order chi connectivity index (χ0) is 22.2. The molecular formula is C22H25N3O5S. The Kier molecular flexibility index (Phi) is 5.62. The minimum atomic E-state index is -3.62. The summed E-state index contributed by atoms with van der Waals surface area (Å²) in [7, 11) is -3.62. The van der Waals surface area contributed by atoms with Crippen molar-refractivity contribution >= 4 is 33.2 Å². The van der Waals surface area contributed by atoms with E-state index in [1.54, 1.807) is 47.4 Å². The average molecular weight is 444 g/mol. The summed E-state index contributed by atoms with van der Waals surface area (Å²) in [5, 5.41) is 2.77. The quantitative estimate of drug-likeness (QED) is 0.783. The van der Waals surface area contributed by atoms with Gasteiger partial charge in [0.1, 0.15) is 5.75 Å². The van der Waals surface area contributed by atoms with Crippen LogP contribution in [0.3, 0.4) is 0 Å². The number of nitrogens with one attached hydrogen (secondary N) is 1. The van der Waals surface area contributed by atoms with Crippen molar-refractivity contribution in [1.29, 1.82) is 0 Å². The fraction of sp³-hybridized carbons (Fsp3) is 0.364. The molecule has 0 unspecified atom stereocenters. The number of sulfonamides is 1. The number of anilines is 2. The summed E-state index contributed by atoms with van der Waals surface area (Å²) in [5.74, 6) is -0.318. The second kappa shape index (κ2) is 8.22. The second-order valence-electron chi connectivity index (χ2n) is 7.91. The number of benzene rings is 2. The maximum absolute atomic E-state index is 13.0. The van der Waals surface area contributed by atoms with Crippen LogP contribution < -0.4 is 14.4 Å². The molecule has 0 spiro atoms. The van der Waals surface area contributed by atoms with Gasteiger partial charge in [-0.25, -0.2) is 8.42 Å². The van der Waals surface area contributed by atoms with E-state index in [1.165, 1.54) is 4.31 Å². The molecule has 4 rings (SSSR count). The first kappa shape index (κ1) is 21.2. The number of carbonyl (C=O) groups excluding carboxylic acids is 2. The van der Waals surface area contributed by atoms with Crippen molar-refractivity contribution in [3.8, 4) is 5.75 Å². The van der Waals surface area contributed by atoms with E-state index in [1.807, 2.05) is 6.92 Å². The molecular weight excluding hydrogens is 418 g/mol. The Morgan fingerprint density at radius 3 is 2.52 bits per heavy atom. The maximum atomic E-state index is 13.0. The van der Waals surface area contributed by atoms with Crippen molar-refractivity contribution in [3.05, 3.63) is 53.6 Å². The molecule has 2 amide bonds. The predicted octanol–water partition coefficient (Wildman–Crippen LogP) is 2.40. The molecule has 2 aliphatic rings. The van der Waals surface area contributed by atoms with Crippen molar-refractivity contribution in [2.75, 3.05) is 35.5 Å². The smallest absolute Gasteiger partial charge is 0.267 e. The van der Waals surface area contributed by atoms with Gasteiger partial charge >= 0.3 is 0 Å². The molecule has 1 saturated heterocycles. The number of nitrogens with zero attached hydrogens (tertiary/aromatic N) is 2. The third-order valence-electron chi connectivity index (χ3n) is 5.49. The van der Waals surface area contributed by atoms with Crippen LogP contribution in [0.1, 0.15) is 28.8 Å². The van der Waals surface area contributed by atoms with E-state index >= 15 is 0 Å². The van der Waals surface area contributed by atoms with E-state index in [4.69, 9.17) is 4.74 Å². The lowest BCUT2D eigenvalue weighted by Gasteiger charge is -2.34. The van der Waals surface area contributed by atoms with Gasteiger partial charge in [0.15, 0.2) is 6.10 Å². The molecule has 0 saturated carbocycles. The Labute approximate surface area is 181 Å². The van der Waals surface area contributed by atoms with Gasteiger partial charge < -0.3 is 15.0 Å². The van der Waals surface area contributed by atoms with Crippen LogP contribution in [0.15, 0.2) is 42.5 Å². The van der Waals surface area contributed by atoms with E-state index in [9.17, 15) is 18.0 Å². The topological polar surface area (TPSA) is 96.0 Å². The first-order valence-electron chi connectivity index (χ1n) is 10.2. The molecule has 2 aliphatic heterocycles. The fourth-order valence-electron chi connectivity index (χ4n) is 3.89. The SMILES string of the molecule is Cc1ccc2c(c1)N(S(C)(=O)=O)C[C@@H](C(=O)Nc1ccccc1C(=O)N1CCCC1)O2. The van der Waals surface area contributed by atoms with Gasteiger partial charge in [-0.2, -0.15) is 0 Å². The third kappa shape index (κ3) is 4.36. The van der Waals surface area contributed by atoms with Crippen molar-refractivity contribution in [2.45, 2.75) is 25.9 Å². The van der Waals surface area contributed by atoms with Crippen LogP contribution in [0.4, 0.5) is 11.4 Å². The molecule has 2 aromatic rings. The molecule has 0 aliphatic carbocycles. The summed E-state index contributed by atoms with van der Waals surface area (Å²) in [6.45, 7) is 3.11. The normalized spacial score (nSPS) is 18.3. The lowest BCUT2D eigenvalue weighted by molar-refractivity contribution is -0.122. The molecule has 1 N–H and O–H groups in total. The van der Waals surface area contributed by atoms with E-state index in [2.05, 4.69) is 5.32 Å². The predicted molar refractivity (Wildman–Crippen MR) is 118 cm³/mol. The molecule has 8 nitrogen and oxygen atoms in total. The number of hydrogen-bond donors (Lipinski definition) is 1. The van der Waals surface area contributed by atoms with E-state index < -0.39 is 22.0 Å². The van der Waals surface area contributed by atoms with E-state index in [-0.39, 0.29) is 12.5 Å². The van der Waals surface area contributed by atoms with Crippen molar-refractivity contribution in [2.24, 2.45) is 0 Å². The highest BCUT2D eigenvalue weighted by molar-refractivity contribution is 7.92. The van der Waals surface area contributed by atoms with Crippen LogP contribution in [0, 0.1) is 6.92 Å². The Balaban J connectivity index is 1.58. The number of hydrogen-bond acceptors (Lipinski definition) is 5. The fourth-order valence-corrected chi connectivity index (χ4v) is 4.80. The number of fused-ring (bicyclic) bond motifs is 1. The number of ether oxygens (including phenoxy) is 1. The number of amides is 2.